The molecule has 1 aliphatic heterocycles. The molecule has 1 saturated heterocycles. The second-order valence-corrected chi connectivity index (χ2v) is 2.24. The number of carbonyl (C=O) groups is 1. The van der Waals surface area contributed by atoms with Crippen LogP contribution in [0.2, 0.25) is 0 Å². The maximum Gasteiger partial charge on any atom is 0.503 e. The van der Waals surface area contributed by atoms with Gasteiger partial charge in [-0.3, -0.25) is 0 Å². The van der Waals surface area contributed by atoms with Gasteiger partial charge in [0.05, 0.1) is 13.2 Å². The van der Waals surface area contributed by atoms with Crippen molar-refractivity contribution in [3.63, 3.8) is 0 Å². The molecule has 0 saturated carbocycles. The zero-order chi connectivity index (χ0) is 9.28. The molecular formula is C6H15NO4. The van der Waals surface area contributed by atoms with E-state index in [9.17, 15) is 0 Å². The summed E-state index contributed by atoms with van der Waals surface area (Å²) in [5.41, 5.74) is 0. The summed E-state index contributed by atoms with van der Waals surface area (Å²) in [6, 6.07) is 0. The highest BCUT2D eigenvalue weighted by molar-refractivity contribution is 5.53. The van der Waals surface area contributed by atoms with Gasteiger partial charge in [0, 0.05) is 0 Å². The molecule has 1 rings (SSSR count). The highest BCUT2D eigenvalue weighted by atomic mass is 16.6. The lowest BCUT2D eigenvalue weighted by Crippen LogP contribution is -1.99. The summed E-state index contributed by atoms with van der Waals surface area (Å²) in [6.07, 6.45) is -1.83. The summed E-state index contributed by atoms with van der Waals surface area (Å²) in [6.45, 7) is 2.00. The summed E-state index contributed by atoms with van der Waals surface area (Å²) >= 11 is 0. The molecule has 0 aromatic carbocycles. The second-order valence-electron chi connectivity index (χ2n) is 2.24. The molecule has 0 aromatic heterocycles. The lowest BCUT2D eigenvalue weighted by molar-refractivity contribution is 0.137. The molecule has 0 spiro atoms. The lowest BCUT2D eigenvalue weighted by atomic mass is 11.0. The largest absolute Gasteiger partial charge is 0.503 e. The Labute approximate surface area is 66.2 Å². The van der Waals surface area contributed by atoms with E-state index in [1.165, 1.54) is 0 Å². The monoisotopic (exact) mass is 165 g/mol. The van der Waals surface area contributed by atoms with Crippen LogP contribution in [-0.4, -0.2) is 55.6 Å². The van der Waals surface area contributed by atoms with Crippen LogP contribution in [0.4, 0.5) is 4.79 Å². The minimum absolute atomic E-state index is 1.00. The quantitative estimate of drug-likeness (QED) is 0.509. The summed E-state index contributed by atoms with van der Waals surface area (Å²) in [5, 5.41) is 13.9. The van der Waals surface area contributed by atoms with Gasteiger partial charge in [0.1, 0.15) is 0 Å². The van der Waals surface area contributed by atoms with Crippen molar-refractivity contribution in [2.75, 3.05) is 34.4 Å². The van der Waals surface area contributed by atoms with Crippen LogP contribution in [0.5, 0.6) is 0 Å². The van der Waals surface area contributed by atoms with Gasteiger partial charge < -0.3 is 19.8 Å². The van der Waals surface area contributed by atoms with Gasteiger partial charge in [-0.2, -0.15) is 0 Å². The molecule has 0 bridgehead atoms. The highest BCUT2D eigenvalue weighted by Gasteiger charge is 1.94. The Kier molecular flexibility index (Phi) is 10.7. The molecule has 11 heavy (non-hydrogen) atoms. The van der Waals surface area contributed by atoms with Crippen molar-refractivity contribution in [3.05, 3.63) is 0 Å². The molecular weight excluding hydrogens is 150 g/mol. The predicted molar refractivity (Wildman–Crippen MR) is 41.1 cm³/mol. The number of nitrogens with zero attached hydrogens (tertiary/aromatic N) is 1. The van der Waals surface area contributed by atoms with Gasteiger partial charge in [0.25, 0.3) is 0 Å². The molecule has 0 radical (unpaired) electrons. The smallest absolute Gasteiger partial charge is 0.450 e. The van der Waals surface area contributed by atoms with E-state index in [4.69, 9.17) is 15.0 Å². The Bertz CT molecular complexity index is 83.1. The average molecular weight is 165 g/mol. The molecule has 1 heterocycles. The average Bonchev–Trinajstić information content (AvgIpc) is 2.36. The molecule has 68 valence electrons. The molecule has 1 fully saturated rings. The predicted octanol–water partition coefficient (Wildman–Crippen LogP) is 0.417. The molecule has 0 amide bonds. The highest BCUT2D eigenvalue weighted by Crippen LogP contribution is 1.84. The number of carboxylic acid groups (broad SMARTS) is 2. The van der Waals surface area contributed by atoms with Crippen LogP contribution in [0.25, 0.3) is 0 Å². The third kappa shape index (κ3) is 13200. The maximum absolute atomic E-state index is 8.56. The van der Waals surface area contributed by atoms with Gasteiger partial charge in [-0.1, -0.05) is 0 Å². The van der Waals surface area contributed by atoms with E-state index in [0.717, 1.165) is 13.2 Å². The van der Waals surface area contributed by atoms with Crippen molar-refractivity contribution in [2.45, 2.75) is 0 Å². The van der Waals surface area contributed by atoms with Gasteiger partial charge in [0.2, 0.25) is 0 Å². The first-order valence-electron chi connectivity index (χ1n) is 3.07. The summed E-state index contributed by atoms with van der Waals surface area (Å²) < 4.78 is 4.50. The fourth-order valence-electron chi connectivity index (χ4n) is 0. The van der Waals surface area contributed by atoms with Crippen molar-refractivity contribution in [1.82, 2.24) is 4.90 Å². The molecule has 0 atom stereocenters. The summed E-state index contributed by atoms with van der Waals surface area (Å²) in [4.78, 5) is 10.6. The number of rotatable bonds is 0. The maximum atomic E-state index is 8.56. The molecule has 5 nitrogen and oxygen atoms in total. The van der Waals surface area contributed by atoms with Crippen molar-refractivity contribution in [1.29, 1.82) is 0 Å². The zero-order valence-electron chi connectivity index (χ0n) is 7.07. The Morgan fingerprint density at radius 1 is 1.27 bits per heavy atom. The van der Waals surface area contributed by atoms with Crippen LogP contribution < -0.4 is 0 Å². The van der Waals surface area contributed by atoms with E-state index >= 15 is 0 Å². The third-order valence-corrected chi connectivity index (χ3v) is 0.204. The molecule has 1 aliphatic rings. The van der Waals surface area contributed by atoms with Crippen molar-refractivity contribution in [3.8, 4) is 0 Å². The SMILES string of the molecule is C1CO1.CN(C)C.O=C(O)O. The van der Waals surface area contributed by atoms with Crippen molar-refractivity contribution in [2.24, 2.45) is 0 Å². The Hall–Kier alpha value is -0.810. The Morgan fingerprint density at radius 3 is 1.36 bits per heavy atom. The second kappa shape index (κ2) is 9.19. The van der Waals surface area contributed by atoms with Crippen molar-refractivity contribution < 1.29 is 19.7 Å². The minimum atomic E-state index is -1.83. The number of epoxide rings is 1. The van der Waals surface area contributed by atoms with Gasteiger partial charge >= 0.3 is 6.16 Å². The van der Waals surface area contributed by atoms with E-state index < -0.39 is 6.16 Å². The van der Waals surface area contributed by atoms with Crippen LogP contribution in [0.15, 0.2) is 0 Å². The number of hydrogen-bond acceptors (Lipinski definition) is 3. The molecule has 0 unspecified atom stereocenters. The van der Waals surface area contributed by atoms with Crippen LogP contribution in [0, 0.1) is 0 Å². The molecule has 0 aromatic rings. The van der Waals surface area contributed by atoms with Gasteiger partial charge in [-0.05, 0) is 21.1 Å². The number of ether oxygens (including phenoxy) is 1. The van der Waals surface area contributed by atoms with E-state index in [2.05, 4.69) is 4.74 Å². The first kappa shape index (κ1) is 12.8. The van der Waals surface area contributed by atoms with Gasteiger partial charge in [-0.25, -0.2) is 4.79 Å². The topological polar surface area (TPSA) is 73.3 Å². The minimum Gasteiger partial charge on any atom is -0.450 e. The normalized spacial score (nSPS) is 12.0. The van der Waals surface area contributed by atoms with Crippen LogP contribution >= 0.6 is 0 Å². The lowest BCUT2D eigenvalue weighted by Gasteiger charge is -1.90. The Morgan fingerprint density at radius 2 is 1.36 bits per heavy atom. The Balaban J connectivity index is 0. The van der Waals surface area contributed by atoms with Gasteiger partial charge in [0.15, 0.2) is 0 Å². The van der Waals surface area contributed by atoms with Gasteiger partial charge in [-0.15, -0.1) is 0 Å². The van der Waals surface area contributed by atoms with E-state index in [0.29, 0.717) is 0 Å². The third-order valence-electron chi connectivity index (χ3n) is 0.204. The first-order valence-corrected chi connectivity index (χ1v) is 3.07. The fourth-order valence-corrected chi connectivity index (χ4v) is 0. The summed E-state index contributed by atoms with van der Waals surface area (Å²) in [7, 11) is 6.00. The van der Waals surface area contributed by atoms with E-state index in [1.807, 2.05) is 26.0 Å². The van der Waals surface area contributed by atoms with E-state index in [1.54, 1.807) is 0 Å². The zero-order valence-corrected chi connectivity index (χ0v) is 7.07. The van der Waals surface area contributed by atoms with Crippen LogP contribution in [0.1, 0.15) is 0 Å². The molecule has 2 N–H and O–H groups in total. The number of hydrogen-bond donors (Lipinski definition) is 2. The van der Waals surface area contributed by atoms with Crippen LogP contribution in [-0.2, 0) is 4.74 Å². The first-order chi connectivity index (χ1) is 4.96. The molecule has 5 heteroatoms. The van der Waals surface area contributed by atoms with Crippen LogP contribution in [0.3, 0.4) is 0 Å². The fraction of sp³-hybridized carbons (Fsp3) is 0.833. The standard InChI is InChI=1S/C3H9N.C2H4O.CH2O3/c1-4(2)3;1-2-3-1;2-1(3)4/h1-3H3;1-2H2;(H2,2,3,4). The summed E-state index contributed by atoms with van der Waals surface area (Å²) in [5.74, 6) is 0. The van der Waals surface area contributed by atoms with E-state index in [-0.39, 0.29) is 0 Å². The van der Waals surface area contributed by atoms with Crippen molar-refractivity contribution >= 4 is 6.16 Å². The molecule has 0 aliphatic carbocycles.